The highest BCUT2D eigenvalue weighted by molar-refractivity contribution is 7.80. The predicted octanol–water partition coefficient (Wildman–Crippen LogP) is 7.16. The Morgan fingerprint density at radius 3 is 2.62 bits per heavy atom. The van der Waals surface area contributed by atoms with Gasteiger partial charge in [-0.1, -0.05) is 41.4 Å². The summed E-state index contributed by atoms with van der Waals surface area (Å²) in [6, 6.07) is 20.7. The summed E-state index contributed by atoms with van der Waals surface area (Å²) in [7, 11) is 1.63. The Bertz CT molecular complexity index is 1410. The Morgan fingerprint density at radius 2 is 1.89 bits per heavy atom. The second-order valence-electron chi connectivity index (χ2n) is 8.62. The van der Waals surface area contributed by atoms with Gasteiger partial charge in [0, 0.05) is 29.6 Å². The number of benzene rings is 2. The van der Waals surface area contributed by atoms with Crippen LogP contribution in [0.1, 0.15) is 29.1 Å². The number of furan rings is 1. The van der Waals surface area contributed by atoms with Crippen molar-refractivity contribution in [3.63, 3.8) is 0 Å². The minimum atomic E-state index is -0.312. The van der Waals surface area contributed by atoms with Crippen LogP contribution in [0.3, 0.4) is 0 Å². The average Bonchev–Trinajstić information content (AvgIpc) is 3.52. The van der Waals surface area contributed by atoms with Crippen molar-refractivity contribution in [2.75, 3.05) is 25.2 Å². The smallest absolute Gasteiger partial charge is 0.174 e. The van der Waals surface area contributed by atoms with Gasteiger partial charge in [-0.05, 0) is 73.2 Å². The van der Waals surface area contributed by atoms with E-state index in [4.69, 9.17) is 49.3 Å². The van der Waals surface area contributed by atoms with Gasteiger partial charge in [0.05, 0.1) is 23.4 Å². The minimum absolute atomic E-state index is 0.245. The van der Waals surface area contributed by atoms with Crippen LogP contribution in [0.25, 0.3) is 11.3 Å². The molecule has 37 heavy (non-hydrogen) atoms. The van der Waals surface area contributed by atoms with E-state index in [1.165, 1.54) is 0 Å². The van der Waals surface area contributed by atoms with E-state index in [1.807, 2.05) is 78.6 Å². The van der Waals surface area contributed by atoms with Gasteiger partial charge in [0.2, 0.25) is 0 Å². The third kappa shape index (κ3) is 5.31. The molecule has 190 valence electrons. The molecule has 0 spiro atoms. The standard InChI is InChI=1S/C28H25Cl2N3O3S/c1-17-6-7-18(15-20(17)29)23-10-11-25(36-23)27-26(22-5-3-4-12-31-22)32-28(37)33(27)19-8-9-24(21(30)16-19)35-14-13-34-2/h3-12,15-16,26-27H,13-14H2,1-2H3,(H,32,37)/t26-,27+/m1/s1. The van der Waals surface area contributed by atoms with Crippen molar-refractivity contribution in [3.8, 4) is 17.1 Å². The van der Waals surface area contributed by atoms with Gasteiger partial charge in [-0.3, -0.25) is 4.98 Å². The Hall–Kier alpha value is -3.10. The second-order valence-corrected chi connectivity index (χ2v) is 9.82. The number of methoxy groups -OCH3 is 1. The van der Waals surface area contributed by atoms with Crippen LogP contribution in [0.2, 0.25) is 10.0 Å². The maximum atomic E-state index is 6.59. The highest BCUT2D eigenvalue weighted by Crippen LogP contribution is 2.44. The normalized spacial score (nSPS) is 17.2. The second kappa shape index (κ2) is 11.1. The van der Waals surface area contributed by atoms with Crippen molar-refractivity contribution in [1.82, 2.24) is 10.3 Å². The zero-order valence-electron chi connectivity index (χ0n) is 20.3. The molecule has 1 saturated heterocycles. The Balaban J connectivity index is 1.53. The summed E-state index contributed by atoms with van der Waals surface area (Å²) in [4.78, 5) is 6.60. The zero-order valence-corrected chi connectivity index (χ0v) is 22.6. The van der Waals surface area contributed by atoms with Crippen LogP contribution >= 0.6 is 35.4 Å². The van der Waals surface area contributed by atoms with Crippen molar-refractivity contribution in [2.45, 2.75) is 19.0 Å². The summed E-state index contributed by atoms with van der Waals surface area (Å²) in [6.07, 6.45) is 1.77. The van der Waals surface area contributed by atoms with Gasteiger partial charge in [0.25, 0.3) is 0 Å². The van der Waals surface area contributed by atoms with Gasteiger partial charge in [0.1, 0.15) is 29.9 Å². The molecule has 2 aromatic heterocycles. The lowest BCUT2D eigenvalue weighted by Gasteiger charge is -2.26. The molecule has 4 aromatic rings. The van der Waals surface area contributed by atoms with Gasteiger partial charge < -0.3 is 24.1 Å². The number of rotatable bonds is 8. The molecule has 3 heterocycles. The van der Waals surface area contributed by atoms with Crippen LogP contribution in [0.15, 0.2) is 77.3 Å². The third-order valence-electron chi connectivity index (χ3n) is 6.21. The van der Waals surface area contributed by atoms with E-state index in [0.29, 0.717) is 34.1 Å². The van der Waals surface area contributed by atoms with Crippen molar-refractivity contribution in [1.29, 1.82) is 0 Å². The molecule has 2 atom stereocenters. The van der Waals surface area contributed by atoms with E-state index in [-0.39, 0.29) is 12.1 Å². The molecule has 0 amide bonds. The fourth-order valence-electron chi connectivity index (χ4n) is 4.33. The quantitative estimate of drug-likeness (QED) is 0.183. The largest absolute Gasteiger partial charge is 0.490 e. The predicted molar refractivity (Wildman–Crippen MR) is 151 cm³/mol. The maximum Gasteiger partial charge on any atom is 0.174 e. The topological polar surface area (TPSA) is 59.8 Å². The zero-order chi connectivity index (χ0) is 25.9. The number of halogens is 2. The van der Waals surface area contributed by atoms with E-state index in [9.17, 15) is 0 Å². The monoisotopic (exact) mass is 553 g/mol. The highest BCUT2D eigenvalue weighted by atomic mass is 35.5. The Kier molecular flexibility index (Phi) is 7.67. The van der Waals surface area contributed by atoms with Gasteiger partial charge in [-0.25, -0.2) is 0 Å². The lowest BCUT2D eigenvalue weighted by Crippen LogP contribution is -2.29. The minimum Gasteiger partial charge on any atom is -0.490 e. The number of ether oxygens (including phenoxy) is 2. The van der Waals surface area contributed by atoms with Crippen LogP contribution in [-0.2, 0) is 4.74 Å². The first-order chi connectivity index (χ1) is 18.0. The lowest BCUT2D eigenvalue weighted by atomic mass is 10.0. The summed E-state index contributed by atoms with van der Waals surface area (Å²) >= 11 is 18.8. The maximum absolute atomic E-state index is 6.59. The number of pyridine rings is 1. The van der Waals surface area contributed by atoms with Crippen molar-refractivity contribution in [3.05, 3.63) is 100.0 Å². The average molecular weight is 554 g/mol. The van der Waals surface area contributed by atoms with Crippen molar-refractivity contribution < 1.29 is 13.9 Å². The molecular formula is C28H25Cl2N3O3S. The third-order valence-corrected chi connectivity index (χ3v) is 7.23. The van der Waals surface area contributed by atoms with E-state index in [0.717, 1.165) is 34.0 Å². The van der Waals surface area contributed by atoms with Crippen LogP contribution < -0.4 is 15.0 Å². The van der Waals surface area contributed by atoms with E-state index in [1.54, 1.807) is 13.3 Å². The molecule has 6 nitrogen and oxygen atoms in total. The molecule has 1 fully saturated rings. The molecule has 0 aliphatic carbocycles. The molecule has 0 bridgehead atoms. The van der Waals surface area contributed by atoms with E-state index < -0.39 is 0 Å². The molecule has 0 unspecified atom stereocenters. The number of thiocarbonyl (C=S) groups is 1. The molecule has 0 saturated carbocycles. The summed E-state index contributed by atoms with van der Waals surface area (Å²) in [5.41, 5.74) is 3.56. The number of aryl methyl sites for hydroxylation is 1. The van der Waals surface area contributed by atoms with Crippen LogP contribution in [0, 0.1) is 6.92 Å². The molecule has 0 radical (unpaired) electrons. The van der Waals surface area contributed by atoms with E-state index in [2.05, 4.69) is 10.3 Å². The molecule has 5 rings (SSSR count). The van der Waals surface area contributed by atoms with Gasteiger partial charge in [-0.15, -0.1) is 0 Å². The van der Waals surface area contributed by atoms with E-state index >= 15 is 0 Å². The summed E-state index contributed by atoms with van der Waals surface area (Å²) < 4.78 is 17.2. The lowest BCUT2D eigenvalue weighted by molar-refractivity contribution is 0.146. The Morgan fingerprint density at radius 1 is 1.03 bits per heavy atom. The van der Waals surface area contributed by atoms with Crippen LogP contribution in [-0.4, -0.2) is 30.4 Å². The van der Waals surface area contributed by atoms with Gasteiger partial charge in [0.15, 0.2) is 5.11 Å². The first-order valence-corrected chi connectivity index (χ1v) is 12.9. The highest BCUT2D eigenvalue weighted by Gasteiger charge is 2.42. The summed E-state index contributed by atoms with van der Waals surface area (Å²) in [5.74, 6) is 2.02. The fourth-order valence-corrected chi connectivity index (χ4v) is 5.08. The number of nitrogens with zero attached hydrogens (tertiary/aromatic N) is 2. The number of aromatic nitrogens is 1. The first kappa shape index (κ1) is 25.5. The number of hydrogen-bond donors (Lipinski definition) is 1. The molecule has 1 aliphatic rings. The van der Waals surface area contributed by atoms with Gasteiger partial charge >= 0.3 is 0 Å². The molecular weight excluding hydrogens is 529 g/mol. The molecule has 9 heteroatoms. The SMILES string of the molecule is COCCOc1ccc(N2C(=S)N[C@H](c3ccccn3)[C@@H]2c2ccc(-c3ccc(C)c(Cl)c3)o2)cc1Cl. The molecule has 1 N–H and O–H groups in total. The van der Waals surface area contributed by atoms with Gasteiger partial charge in [-0.2, -0.15) is 0 Å². The first-order valence-electron chi connectivity index (χ1n) is 11.7. The number of nitrogens with one attached hydrogen (secondary N) is 1. The fraction of sp³-hybridized carbons (Fsp3) is 0.214. The Labute approximate surface area is 231 Å². The number of hydrogen-bond acceptors (Lipinski definition) is 5. The summed E-state index contributed by atoms with van der Waals surface area (Å²) in [6.45, 7) is 2.85. The van der Waals surface area contributed by atoms with Crippen LogP contribution in [0.4, 0.5) is 5.69 Å². The van der Waals surface area contributed by atoms with Crippen LogP contribution in [0.5, 0.6) is 5.75 Å². The molecule has 2 aromatic carbocycles. The number of anilines is 1. The van der Waals surface area contributed by atoms with Crippen molar-refractivity contribution in [2.24, 2.45) is 0 Å². The molecule has 1 aliphatic heterocycles. The summed E-state index contributed by atoms with van der Waals surface area (Å²) in [5, 5.41) is 5.14. The van der Waals surface area contributed by atoms with Crippen molar-refractivity contribution >= 4 is 46.2 Å².